The summed E-state index contributed by atoms with van der Waals surface area (Å²) >= 11 is 1.25. The van der Waals surface area contributed by atoms with Crippen molar-refractivity contribution >= 4 is 19.8 Å². The number of rotatable bonds is 5. The SMILES string of the molecule is CC(C)C[Si](C)(C)OCc1n[c]sn1. The zero-order chi connectivity index (χ0) is 10.6. The van der Waals surface area contributed by atoms with Crippen LogP contribution in [0.4, 0.5) is 0 Å². The molecule has 0 N–H and O–H groups in total. The summed E-state index contributed by atoms with van der Waals surface area (Å²) in [5.74, 6) is 1.46. The second-order valence-corrected chi connectivity index (χ2v) is 9.21. The first-order valence-electron chi connectivity index (χ1n) is 4.82. The van der Waals surface area contributed by atoms with Crippen molar-refractivity contribution in [1.29, 1.82) is 0 Å². The molecule has 0 saturated carbocycles. The zero-order valence-corrected chi connectivity index (χ0v) is 11.0. The summed E-state index contributed by atoms with van der Waals surface area (Å²) in [6, 6.07) is 1.18. The average molecular weight is 229 g/mol. The Balaban J connectivity index is 2.36. The van der Waals surface area contributed by atoms with Crippen molar-refractivity contribution in [2.75, 3.05) is 0 Å². The van der Waals surface area contributed by atoms with E-state index < -0.39 is 8.32 Å². The molecule has 1 rings (SSSR count). The van der Waals surface area contributed by atoms with Gasteiger partial charge in [-0.2, -0.15) is 4.37 Å². The first kappa shape index (κ1) is 11.8. The third kappa shape index (κ3) is 4.30. The predicted molar refractivity (Wildman–Crippen MR) is 60.7 cm³/mol. The Morgan fingerprint density at radius 3 is 2.71 bits per heavy atom. The lowest BCUT2D eigenvalue weighted by Gasteiger charge is -2.23. The number of hydrogen-bond donors (Lipinski definition) is 0. The highest BCUT2D eigenvalue weighted by atomic mass is 32.1. The number of aromatic nitrogens is 2. The molecule has 0 aliphatic rings. The minimum atomic E-state index is -1.51. The molecule has 0 aliphatic heterocycles. The molecular weight excluding hydrogens is 212 g/mol. The van der Waals surface area contributed by atoms with Crippen LogP contribution in [0.15, 0.2) is 0 Å². The molecule has 0 unspecified atom stereocenters. The van der Waals surface area contributed by atoms with Gasteiger partial charge in [0, 0.05) is 0 Å². The number of hydrogen-bond acceptors (Lipinski definition) is 4. The molecular formula is C9H17N2OSSi. The Kier molecular flexibility index (Phi) is 4.22. The maximum Gasteiger partial charge on any atom is 0.187 e. The van der Waals surface area contributed by atoms with E-state index in [1.807, 2.05) is 0 Å². The van der Waals surface area contributed by atoms with Crippen LogP contribution in [0, 0.1) is 11.4 Å². The molecule has 14 heavy (non-hydrogen) atoms. The first-order valence-corrected chi connectivity index (χ1v) is 8.71. The van der Waals surface area contributed by atoms with E-state index in [9.17, 15) is 0 Å². The van der Waals surface area contributed by atoms with Crippen LogP contribution in [0.2, 0.25) is 19.1 Å². The van der Waals surface area contributed by atoms with Crippen LogP contribution in [0.25, 0.3) is 0 Å². The van der Waals surface area contributed by atoms with E-state index in [1.54, 1.807) is 0 Å². The summed E-state index contributed by atoms with van der Waals surface area (Å²) in [5, 5.41) is 0. The van der Waals surface area contributed by atoms with E-state index in [0.29, 0.717) is 12.5 Å². The average Bonchev–Trinajstić information content (AvgIpc) is 2.50. The Morgan fingerprint density at radius 1 is 1.50 bits per heavy atom. The molecule has 0 bridgehead atoms. The fourth-order valence-electron chi connectivity index (χ4n) is 1.53. The molecule has 0 aliphatic carbocycles. The fourth-order valence-corrected chi connectivity index (χ4v) is 4.52. The number of nitrogens with zero attached hydrogens (tertiary/aromatic N) is 2. The van der Waals surface area contributed by atoms with Gasteiger partial charge in [0.2, 0.25) is 0 Å². The maximum atomic E-state index is 5.89. The second kappa shape index (κ2) is 5.00. The summed E-state index contributed by atoms with van der Waals surface area (Å²) < 4.78 is 9.96. The molecule has 5 heteroatoms. The van der Waals surface area contributed by atoms with Gasteiger partial charge in [0.25, 0.3) is 0 Å². The highest BCUT2D eigenvalue weighted by Gasteiger charge is 2.24. The standard InChI is InChI=1S/C9H17N2OSSi/c1-8(2)6-14(3,4)12-5-9-10-7-13-11-9/h8H,5-6H2,1-4H3. The van der Waals surface area contributed by atoms with E-state index in [1.165, 1.54) is 17.6 Å². The van der Waals surface area contributed by atoms with E-state index in [-0.39, 0.29) is 0 Å². The van der Waals surface area contributed by atoms with Crippen LogP contribution in [0.5, 0.6) is 0 Å². The Bertz CT molecular complexity index is 262. The van der Waals surface area contributed by atoms with Crippen molar-refractivity contribution in [3.63, 3.8) is 0 Å². The predicted octanol–water partition coefficient (Wildman–Crippen LogP) is 2.72. The maximum absolute atomic E-state index is 5.89. The summed E-state index contributed by atoms with van der Waals surface area (Å²) in [6.07, 6.45) is 0. The van der Waals surface area contributed by atoms with Gasteiger partial charge in [0.15, 0.2) is 19.7 Å². The normalized spacial score (nSPS) is 12.4. The van der Waals surface area contributed by atoms with Crippen LogP contribution < -0.4 is 0 Å². The van der Waals surface area contributed by atoms with E-state index in [0.717, 1.165) is 5.82 Å². The van der Waals surface area contributed by atoms with Gasteiger partial charge >= 0.3 is 0 Å². The zero-order valence-electron chi connectivity index (χ0n) is 9.20. The Morgan fingerprint density at radius 2 is 2.21 bits per heavy atom. The quantitative estimate of drug-likeness (QED) is 0.728. The fraction of sp³-hybridized carbons (Fsp3) is 0.778. The van der Waals surface area contributed by atoms with Crippen molar-refractivity contribution in [3.05, 3.63) is 11.3 Å². The van der Waals surface area contributed by atoms with Crippen molar-refractivity contribution in [3.8, 4) is 0 Å². The van der Waals surface area contributed by atoms with E-state index >= 15 is 0 Å². The lowest BCUT2D eigenvalue weighted by atomic mass is 10.3. The molecule has 1 heterocycles. The molecule has 3 nitrogen and oxygen atoms in total. The van der Waals surface area contributed by atoms with Crippen LogP contribution >= 0.6 is 11.5 Å². The summed E-state index contributed by atoms with van der Waals surface area (Å²) in [5.41, 5.74) is 2.72. The molecule has 1 radical (unpaired) electrons. The van der Waals surface area contributed by atoms with Crippen molar-refractivity contribution in [1.82, 2.24) is 9.36 Å². The van der Waals surface area contributed by atoms with Crippen molar-refractivity contribution in [2.45, 2.75) is 39.6 Å². The minimum Gasteiger partial charge on any atom is -0.410 e. The van der Waals surface area contributed by atoms with Gasteiger partial charge in [-0.05, 0) is 36.6 Å². The van der Waals surface area contributed by atoms with Gasteiger partial charge in [0.1, 0.15) is 0 Å². The van der Waals surface area contributed by atoms with E-state index in [4.69, 9.17) is 4.43 Å². The molecule has 0 atom stereocenters. The van der Waals surface area contributed by atoms with Gasteiger partial charge in [-0.25, -0.2) is 4.98 Å². The Labute approximate surface area is 90.8 Å². The van der Waals surface area contributed by atoms with Gasteiger partial charge in [-0.1, -0.05) is 13.8 Å². The molecule has 1 aromatic heterocycles. The third-order valence-corrected chi connectivity index (χ3v) is 5.06. The van der Waals surface area contributed by atoms with Crippen LogP contribution in [0.1, 0.15) is 19.7 Å². The first-order chi connectivity index (χ1) is 6.49. The Hall–Kier alpha value is -0.263. The van der Waals surface area contributed by atoms with Crippen molar-refractivity contribution < 1.29 is 4.43 Å². The van der Waals surface area contributed by atoms with Gasteiger partial charge in [-0.15, -0.1) is 0 Å². The van der Waals surface area contributed by atoms with Crippen LogP contribution in [-0.4, -0.2) is 17.7 Å². The van der Waals surface area contributed by atoms with Gasteiger partial charge in [0.05, 0.1) is 6.61 Å². The second-order valence-electron chi connectivity index (χ2n) is 4.45. The molecule has 0 fully saturated rings. The van der Waals surface area contributed by atoms with Crippen LogP contribution in [0.3, 0.4) is 0 Å². The molecule has 0 spiro atoms. The largest absolute Gasteiger partial charge is 0.410 e. The lowest BCUT2D eigenvalue weighted by Crippen LogP contribution is -2.31. The van der Waals surface area contributed by atoms with Crippen LogP contribution in [-0.2, 0) is 11.0 Å². The van der Waals surface area contributed by atoms with Gasteiger partial charge < -0.3 is 4.43 Å². The molecule has 79 valence electrons. The highest BCUT2D eigenvalue weighted by molar-refractivity contribution is 7.02. The summed E-state index contributed by atoms with van der Waals surface area (Å²) in [6.45, 7) is 9.48. The molecule has 0 amide bonds. The summed E-state index contributed by atoms with van der Waals surface area (Å²) in [4.78, 5) is 3.98. The monoisotopic (exact) mass is 229 g/mol. The van der Waals surface area contributed by atoms with Gasteiger partial charge in [-0.3, -0.25) is 0 Å². The minimum absolute atomic E-state index is 0.548. The van der Waals surface area contributed by atoms with E-state index in [2.05, 4.69) is 41.8 Å². The summed E-state index contributed by atoms with van der Waals surface area (Å²) in [7, 11) is -1.51. The van der Waals surface area contributed by atoms with Crippen molar-refractivity contribution in [2.24, 2.45) is 5.92 Å². The third-order valence-electron chi connectivity index (χ3n) is 1.86. The highest BCUT2D eigenvalue weighted by Crippen LogP contribution is 2.18. The topological polar surface area (TPSA) is 35.0 Å². The molecule has 0 saturated heterocycles. The molecule has 0 aromatic carbocycles. The lowest BCUT2D eigenvalue weighted by molar-refractivity contribution is 0.282. The molecule has 1 aromatic rings. The smallest absolute Gasteiger partial charge is 0.187 e.